The Labute approximate surface area is 188 Å². The van der Waals surface area contributed by atoms with E-state index in [4.69, 9.17) is 18.7 Å². The lowest BCUT2D eigenvalue weighted by molar-refractivity contribution is 0.102. The number of hydrogen-bond acceptors (Lipinski definition) is 9. The first-order valence-electron chi connectivity index (χ1n) is 9.57. The maximum atomic E-state index is 12.6. The van der Waals surface area contributed by atoms with Gasteiger partial charge in [0.15, 0.2) is 23.2 Å². The SMILES string of the molecule is COc1ccc(-c2csc(NC(=O)c3ccc(OCc4noc(C)n4)cc3)n2)cc1OC. The molecule has 0 bridgehead atoms. The lowest BCUT2D eigenvalue weighted by Gasteiger charge is -2.08. The molecule has 164 valence electrons. The monoisotopic (exact) mass is 452 g/mol. The second kappa shape index (κ2) is 9.48. The van der Waals surface area contributed by atoms with Crippen LogP contribution in [0.25, 0.3) is 11.3 Å². The number of nitrogens with zero attached hydrogens (tertiary/aromatic N) is 3. The minimum atomic E-state index is -0.265. The van der Waals surface area contributed by atoms with Crippen LogP contribution in [0.1, 0.15) is 22.1 Å². The van der Waals surface area contributed by atoms with Crippen LogP contribution >= 0.6 is 11.3 Å². The Morgan fingerprint density at radius 3 is 2.53 bits per heavy atom. The van der Waals surface area contributed by atoms with Crippen LogP contribution in [0.2, 0.25) is 0 Å². The number of ether oxygens (including phenoxy) is 3. The zero-order chi connectivity index (χ0) is 22.5. The molecule has 2 aromatic carbocycles. The third-order valence-corrected chi connectivity index (χ3v) is 5.22. The number of thiazole rings is 1. The maximum absolute atomic E-state index is 12.6. The Morgan fingerprint density at radius 2 is 1.84 bits per heavy atom. The van der Waals surface area contributed by atoms with E-state index in [0.29, 0.717) is 39.7 Å². The highest BCUT2D eigenvalue weighted by Crippen LogP contribution is 2.33. The highest BCUT2D eigenvalue weighted by Gasteiger charge is 2.12. The Kier molecular flexibility index (Phi) is 6.31. The summed E-state index contributed by atoms with van der Waals surface area (Å²) in [5.41, 5.74) is 2.07. The number of methoxy groups -OCH3 is 2. The van der Waals surface area contributed by atoms with Gasteiger partial charge in [0, 0.05) is 23.4 Å². The number of carbonyl (C=O) groups is 1. The van der Waals surface area contributed by atoms with E-state index in [-0.39, 0.29) is 12.5 Å². The van der Waals surface area contributed by atoms with Crippen LogP contribution in [0.5, 0.6) is 17.2 Å². The Hall–Kier alpha value is -3.92. The second-order valence-corrected chi connectivity index (χ2v) is 7.46. The van der Waals surface area contributed by atoms with Crippen molar-refractivity contribution < 1.29 is 23.5 Å². The Bertz CT molecular complexity index is 1220. The van der Waals surface area contributed by atoms with Crippen molar-refractivity contribution in [3.63, 3.8) is 0 Å². The average molecular weight is 452 g/mol. The molecule has 10 heteroatoms. The summed E-state index contributed by atoms with van der Waals surface area (Å²) in [6.07, 6.45) is 0. The highest BCUT2D eigenvalue weighted by molar-refractivity contribution is 7.14. The van der Waals surface area contributed by atoms with E-state index >= 15 is 0 Å². The van der Waals surface area contributed by atoms with E-state index in [1.807, 2.05) is 23.6 Å². The molecule has 9 nitrogen and oxygen atoms in total. The Morgan fingerprint density at radius 1 is 1.06 bits per heavy atom. The van der Waals surface area contributed by atoms with E-state index in [1.54, 1.807) is 45.4 Å². The van der Waals surface area contributed by atoms with Crippen LogP contribution in [0.3, 0.4) is 0 Å². The van der Waals surface area contributed by atoms with E-state index in [0.717, 1.165) is 11.3 Å². The molecule has 0 saturated carbocycles. The minimum absolute atomic E-state index is 0.181. The van der Waals surface area contributed by atoms with E-state index < -0.39 is 0 Å². The number of nitrogens with one attached hydrogen (secondary N) is 1. The van der Waals surface area contributed by atoms with Gasteiger partial charge in [-0.1, -0.05) is 5.16 Å². The summed E-state index contributed by atoms with van der Waals surface area (Å²) >= 11 is 1.34. The molecule has 1 amide bonds. The molecule has 0 aliphatic rings. The third-order valence-electron chi connectivity index (χ3n) is 4.46. The molecule has 2 aromatic heterocycles. The van der Waals surface area contributed by atoms with Gasteiger partial charge in [-0.05, 0) is 42.5 Å². The summed E-state index contributed by atoms with van der Waals surface area (Å²) in [5.74, 6) is 2.51. The number of benzene rings is 2. The highest BCUT2D eigenvalue weighted by atomic mass is 32.1. The van der Waals surface area contributed by atoms with E-state index in [2.05, 4.69) is 20.4 Å². The molecule has 1 N–H and O–H groups in total. The molecule has 2 heterocycles. The first-order valence-corrected chi connectivity index (χ1v) is 10.4. The third kappa shape index (κ3) is 4.86. The summed E-state index contributed by atoms with van der Waals surface area (Å²) in [6.45, 7) is 1.89. The number of aryl methyl sites for hydroxylation is 1. The predicted molar refractivity (Wildman–Crippen MR) is 118 cm³/mol. The fourth-order valence-corrected chi connectivity index (χ4v) is 3.59. The molecule has 0 unspecified atom stereocenters. The summed E-state index contributed by atoms with van der Waals surface area (Å²) in [5, 5.41) is 8.95. The van der Waals surface area contributed by atoms with Gasteiger partial charge in [0.2, 0.25) is 11.7 Å². The van der Waals surface area contributed by atoms with Crippen LogP contribution in [0.15, 0.2) is 52.4 Å². The normalized spacial score (nSPS) is 10.6. The van der Waals surface area contributed by atoms with Crippen molar-refractivity contribution in [3.8, 4) is 28.5 Å². The zero-order valence-corrected chi connectivity index (χ0v) is 18.4. The predicted octanol–water partition coefficient (Wildman–Crippen LogP) is 4.35. The van der Waals surface area contributed by atoms with Crippen molar-refractivity contribution in [2.75, 3.05) is 19.5 Å². The topological polar surface area (TPSA) is 109 Å². The zero-order valence-electron chi connectivity index (χ0n) is 17.6. The lowest BCUT2D eigenvalue weighted by Crippen LogP contribution is -2.11. The lowest BCUT2D eigenvalue weighted by atomic mass is 10.1. The summed E-state index contributed by atoms with van der Waals surface area (Å²) in [6, 6.07) is 12.3. The fourth-order valence-electron chi connectivity index (χ4n) is 2.88. The molecule has 4 aromatic rings. The van der Waals surface area contributed by atoms with Gasteiger partial charge in [-0.15, -0.1) is 11.3 Å². The maximum Gasteiger partial charge on any atom is 0.257 e. The van der Waals surface area contributed by atoms with Crippen LogP contribution in [-0.4, -0.2) is 35.3 Å². The quantitative estimate of drug-likeness (QED) is 0.420. The summed E-state index contributed by atoms with van der Waals surface area (Å²) in [4.78, 5) is 21.2. The molecular weight excluding hydrogens is 432 g/mol. The van der Waals surface area contributed by atoms with Gasteiger partial charge >= 0.3 is 0 Å². The summed E-state index contributed by atoms with van der Waals surface area (Å²) in [7, 11) is 3.16. The number of rotatable bonds is 8. The minimum Gasteiger partial charge on any atom is -0.493 e. The standard InChI is InChI=1S/C22H20N4O5S/c1-13-23-20(26-31-13)11-30-16-7-4-14(5-8-16)21(27)25-22-24-17(12-32-22)15-6-9-18(28-2)19(10-15)29-3/h4-10,12H,11H2,1-3H3,(H,24,25,27). The van der Waals surface area contributed by atoms with Gasteiger partial charge in [0.05, 0.1) is 19.9 Å². The first-order chi connectivity index (χ1) is 15.6. The van der Waals surface area contributed by atoms with Crippen LogP contribution in [0.4, 0.5) is 5.13 Å². The van der Waals surface area contributed by atoms with Crippen molar-refractivity contribution in [2.24, 2.45) is 0 Å². The first kappa shape index (κ1) is 21.3. The van der Waals surface area contributed by atoms with Gasteiger partial charge in [-0.2, -0.15) is 4.98 Å². The molecule has 0 aliphatic carbocycles. The van der Waals surface area contributed by atoms with Gasteiger partial charge in [-0.25, -0.2) is 4.98 Å². The number of anilines is 1. The second-order valence-electron chi connectivity index (χ2n) is 6.60. The number of carbonyl (C=O) groups excluding carboxylic acids is 1. The van der Waals surface area contributed by atoms with Gasteiger partial charge in [-0.3, -0.25) is 10.1 Å². The van der Waals surface area contributed by atoms with Crippen molar-refractivity contribution in [3.05, 3.63) is 65.1 Å². The van der Waals surface area contributed by atoms with E-state index in [1.165, 1.54) is 11.3 Å². The van der Waals surface area contributed by atoms with Crippen molar-refractivity contribution in [1.82, 2.24) is 15.1 Å². The molecule has 0 saturated heterocycles. The number of aromatic nitrogens is 3. The molecule has 0 atom stereocenters. The van der Waals surface area contributed by atoms with Crippen molar-refractivity contribution >= 4 is 22.4 Å². The molecule has 0 fully saturated rings. The molecular formula is C22H20N4O5S. The molecule has 0 spiro atoms. The van der Waals surface area contributed by atoms with Crippen LogP contribution in [-0.2, 0) is 6.61 Å². The molecule has 0 radical (unpaired) electrons. The van der Waals surface area contributed by atoms with Crippen LogP contribution in [0, 0.1) is 6.92 Å². The molecule has 32 heavy (non-hydrogen) atoms. The number of hydrogen-bond donors (Lipinski definition) is 1. The van der Waals surface area contributed by atoms with Crippen molar-refractivity contribution in [2.45, 2.75) is 13.5 Å². The molecule has 4 rings (SSSR count). The number of amides is 1. The van der Waals surface area contributed by atoms with Gasteiger partial charge in [0.1, 0.15) is 5.75 Å². The smallest absolute Gasteiger partial charge is 0.257 e. The summed E-state index contributed by atoms with van der Waals surface area (Å²) < 4.78 is 21.1. The Balaban J connectivity index is 1.38. The van der Waals surface area contributed by atoms with Crippen LogP contribution < -0.4 is 19.5 Å². The fraction of sp³-hybridized carbons (Fsp3) is 0.182. The van der Waals surface area contributed by atoms with E-state index in [9.17, 15) is 4.79 Å². The van der Waals surface area contributed by atoms with Crippen molar-refractivity contribution in [1.29, 1.82) is 0 Å². The van der Waals surface area contributed by atoms with Gasteiger partial charge in [0.25, 0.3) is 5.91 Å². The largest absolute Gasteiger partial charge is 0.493 e. The average Bonchev–Trinajstić information content (AvgIpc) is 3.46. The van der Waals surface area contributed by atoms with Gasteiger partial charge < -0.3 is 18.7 Å². The molecule has 0 aliphatic heterocycles.